The minimum atomic E-state index is -1.05. The molecule has 0 N–H and O–H groups in total. The third-order valence-corrected chi connectivity index (χ3v) is 7.96. The lowest BCUT2D eigenvalue weighted by Gasteiger charge is -2.33. The van der Waals surface area contributed by atoms with Gasteiger partial charge < -0.3 is 18.9 Å². The average molecular weight is 629 g/mol. The summed E-state index contributed by atoms with van der Waals surface area (Å²) < 4.78 is 21.5. The van der Waals surface area contributed by atoms with Crippen molar-refractivity contribution in [3.05, 3.63) is 59.7 Å². The summed E-state index contributed by atoms with van der Waals surface area (Å²) >= 11 is 0. The smallest absolute Gasteiger partial charge is 0.493 e. The minimum absolute atomic E-state index is 0.147. The van der Waals surface area contributed by atoms with Gasteiger partial charge in [-0.15, -0.1) is 0 Å². The molecule has 0 aromatic heterocycles. The summed E-state index contributed by atoms with van der Waals surface area (Å²) in [6.45, 7) is 4.32. The highest BCUT2D eigenvalue weighted by atomic mass is 17.2. The Labute approximate surface area is 262 Å². The fourth-order valence-electron chi connectivity index (χ4n) is 5.82. The zero-order valence-corrected chi connectivity index (χ0v) is 25.6. The molecule has 0 heterocycles. The lowest BCUT2D eigenvalue weighted by atomic mass is 9.76. The third-order valence-electron chi connectivity index (χ3n) is 7.96. The number of rotatable bonds is 10. The van der Waals surface area contributed by atoms with Crippen LogP contribution in [0.2, 0.25) is 0 Å². The molecule has 0 spiro atoms. The molecular weight excluding hydrogens is 588 g/mol. The van der Waals surface area contributed by atoms with E-state index in [2.05, 4.69) is 19.6 Å². The summed E-state index contributed by atoms with van der Waals surface area (Å²) in [4.78, 5) is 67.3. The SMILES string of the molecule is CCOc1ccccc1C(=O)OOC(=O)OC1CCC(CC2CCC(OC(=O)OOC(=O)c3ccccc3OCC)CC2)CC1. The number of hydrogen-bond acceptors (Lipinski definition) is 12. The first-order valence-electron chi connectivity index (χ1n) is 15.5. The highest BCUT2D eigenvalue weighted by Crippen LogP contribution is 2.37. The summed E-state index contributed by atoms with van der Waals surface area (Å²) in [6.07, 6.45) is 4.71. The van der Waals surface area contributed by atoms with E-state index >= 15 is 0 Å². The van der Waals surface area contributed by atoms with Gasteiger partial charge in [-0.05, 0) is 108 Å². The van der Waals surface area contributed by atoms with Crippen LogP contribution in [-0.2, 0) is 29.0 Å². The van der Waals surface area contributed by atoms with Crippen molar-refractivity contribution in [2.24, 2.45) is 11.8 Å². The van der Waals surface area contributed by atoms with Gasteiger partial charge in [0.25, 0.3) is 0 Å². The summed E-state index contributed by atoms with van der Waals surface area (Å²) in [5, 5.41) is 0. The van der Waals surface area contributed by atoms with Gasteiger partial charge in [-0.25, -0.2) is 29.1 Å². The Hall–Kier alpha value is -4.48. The van der Waals surface area contributed by atoms with Crippen molar-refractivity contribution in [1.82, 2.24) is 0 Å². The van der Waals surface area contributed by atoms with Gasteiger partial charge in [0.2, 0.25) is 0 Å². The van der Waals surface area contributed by atoms with Crippen molar-refractivity contribution in [2.45, 2.75) is 83.8 Å². The standard InChI is InChI=1S/C33H40O12/c1-3-38-28-11-7-5-9-26(28)30(34)42-44-32(36)40-24-17-13-22(14-18-24)21-23-15-19-25(20-16-23)41-33(37)45-43-31(35)27-10-6-8-12-29(27)39-4-2/h5-12,22-25H,3-4,13-21H2,1-2H3. The van der Waals surface area contributed by atoms with Gasteiger partial charge in [0, 0.05) is 0 Å². The second-order valence-electron chi connectivity index (χ2n) is 11.0. The molecule has 4 rings (SSSR count). The van der Waals surface area contributed by atoms with Crippen molar-refractivity contribution in [1.29, 1.82) is 0 Å². The normalized spacial score (nSPS) is 21.0. The molecule has 2 saturated carbocycles. The zero-order chi connectivity index (χ0) is 32.0. The van der Waals surface area contributed by atoms with Crippen LogP contribution in [0.1, 0.15) is 92.4 Å². The Bertz CT molecular complexity index is 1180. The molecule has 45 heavy (non-hydrogen) atoms. The predicted octanol–water partition coefficient (Wildman–Crippen LogP) is 7.14. The van der Waals surface area contributed by atoms with E-state index in [1.54, 1.807) is 50.2 Å². The van der Waals surface area contributed by atoms with Crippen molar-refractivity contribution >= 4 is 24.2 Å². The Morgan fingerprint density at radius 3 is 1.31 bits per heavy atom. The quantitative estimate of drug-likeness (QED) is 0.150. The van der Waals surface area contributed by atoms with Crippen LogP contribution in [0.15, 0.2) is 48.5 Å². The molecule has 2 aromatic rings. The highest BCUT2D eigenvalue weighted by molar-refractivity contribution is 5.93. The van der Waals surface area contributed by atoms with E-state index in [9.17, 15) is 19.2 Å². The summed E-state index contributed by atoms with van der Waals surface area (Å²) in [7, 11) is 0. The maximum atomic E-state index is 12.3. The van der Waals surface area contributed by atoms with Crippen LogP contribution >= 0.6 is 0 Å². The topological polar surface area (TPSA) is 142 Å². The van der Waals surface area contributed by atoms with Crippen molar-refractivity contribution < 1.29 is 57.7 Å². The molecule has 12 heteroatoms. The Balaban J connectivity index is 1.08. The summed E-state index contributed by atoms with van der Waals surface area (Å²) in [5.41, 5.74) is 0.295. The number of carbonyl (C=O) groups is 4. The largest absolute Gasteiger partial charge is 0.550 e. The number of ether oxygens (including phenoxy) is 4. The van der Waals surface area contributed by atoms with E-state index in [0.717, 1.165) is 32.1 Å². The Morgan fingerprint density at radius 1 is 0.556 bits per heavy atom. The molecule has 0 radical (unpaired) electrons. The summed E-state index contributed by atoms with van der Waals surface area (Å²) in [5.74, 6) is -0.0232. The van der Waals surface area contributed by atoms with Crippen LogP contribution in [0.5, 0.6) is 11.5 Å². The van der Waals surface area contributed by atoms with Crippen LogP contribution < -0.4 is 9.47 Å². The maximum absolute atomic E-state index is 12.3. The van der Waals surface area contributed by atoms with E-state index in [-0.39, 0.29) is 23.3 Å². The van der Waals surface area contributed by atoms with Crippen LogP contribution in [0, 0.1) is 11.8 Å². The molecule has 0 unspecified atom stereocenters. The molecule has 0 bridgehead atoms. The average Bonchev–Trinajstić information content (AvgIpc) is 3.05. The van der Waals surface area contributed by atoms with Crippen LogP contribution in [0.25, 0.3) is 0 Å². The van der Waals surface area contributed by atoms with Crippen molar-refractivity contribution in [3.8, 4) is 11.5 Å². The monoisotopic (exact) mass is 628 g/mol. The van der Waals surface area contributed by atoms with Gasteiger partial charge in [-0.2, -0.15) is 9.59 Å². The van der Waals surface area contributed by atoms with Gasteiger partial charge in [0.1, 0.15) is 34.8 Å². The van der Waals surface area contributed by atoms with E-state index in [0.29, 0.717) is 62.2 Å². The fraction of sp³-hybridized carbons (Fsp3) is 0.515. The molecule has 0 amide bonds. The van der Waals surface area contributed by atoms with Gasteiger partial charge in [0.05, 0.1) is 13.2 Å². The van der Waals surface area contributed by atoms with E-state index in [1.807, 2.05) is 0 Å². The van der Waals surface area contributed by atoms with Crippen LogP contribution in [-0.4, -0.2) is 49.7 Å². The number of carbonyl (C=O) groups excluding carboxylic acids is 4. The van der Waals surface area contributed by atoms with Gasteiger partial charge >= 0.3 is 24.2 Å². The van der Waals surface area contributed by atoms with Crippen molar-refractivity contribution in [2.75, 3.05) is 13.2 Å². The Kier molecular flexibility index (Phi) is 12.7. The van der Waals surface area contributed by atoms with E-state index < -0.39 is 24.2 Å². The number of hydrogen-bond donors (Lipinski definition) is 0. The molecule has 0 aliphatic heterocycles. The first kappa shape index (κ1) is 33.4. The molecule has 2 fully saturated rings. The first-order valence-corrected chi connectivity index (χ1v) is 15.5. The van der Waals surface area contributed by atoms with Crippen LogP contribution in [0.3, 0.4) is 0 Å². The maximum Gasteiger partial charge on any atom is 0.550 e. The fourth-order valence-corrected chi connectivity index (χ4v) is 5.82. The molecule has 2 aliphatic carbocycles. The third kappa shape index (κ3) is 10.3. The number of benzene rings is 2. The summed E-state index contributed by atoms with van der Waals surface area (Å²) in [6, 6.07) is 13.0. The van der Waals surface area contributed by atoms with Gasteiger partial charge in [0.15, 0.2) is 0 Å². The molecule has 0 atom stereocenters. The zero-order valence-electron chi connectivity index (χ0n) is 25.6. The molecular formula is C33H40O12. The second-order valence-corrected chi connectivity index (χ2v) is 11.0. The Morgan fingerprint density at radius 2 is 0.933 bits per heavy atom. The minimum Gasteiger partial charge on any atom is -0.493 e. The van der Waals surface area contributed by atoms with Crippen LogP contribution in [0.4, 0.5) is 9.59 Å². The second kappa shape index (κ2) is 17.1. The molecule has 0 saturated heterocycles. The van der Waals surface area contributed by atoms with Gasteiger partial charge in [-0.3, -0.25) is 0 Å². The number of para-hydroxylation sites is 2. The van der Waals surface area contributed by atoms with Gasteiger partial charge in [-0.1, -0.05) is 24.3 Å². The lowest BCUT2D eigenvalue weighted by Crippen LogP contribution is -2.28. The van der Waals surface area contributed by atoms with E-state index in [1.165, 1.54) is 12.1 Å². The molecule has 2 aromatic carbocycles. The highest BCUT2D eigenvalue weighted by Gasteiger charge is 2.31. The molecule has 12 nitrogen and oxygen atoms in total. The van der Waals surface area contributed by atoms with E-state index in [4.69, 9.17) is 18.9 Å². The lowest BCUT2D eigenvalue weighted by molar-refractivity contribution is -0.208. The van der Waals surface area contributed by atoms with Crippen molar-refractivity contribution in [3.63, 3.8) is 0 Å². The molecule has 244 valence electrons. The first-order chi connectivity index (χ1) is 21.9. The molecule has 2 aliphatic rings. The predicted molar refractivity (Wildman–Crippen MR) is 157 cm³/mol.